The van der Waals surface area contributed by atoms with Crippen molar-refractivity contribution >= 4 is 30.7 Å². The minimum absolute atomic E-state index is 0. The van der Waals surface area contributed by atoms with Crippen molar-refractivity contribution in [3.63, 3.8) is 0 Å². The second kappa shape index (κ2) is 9.51. The van der Waals surface area contributed by atoms with Crippen molar-refractivity contribution in [3.05, 3.63) is 92.2 Å². The predicted octanol–water partition coefficient (Wildman–Crippen LogP) is 2.09. The van der Waals surface area contributed by atoms with Crippen LogP contribution in [0.5, 0.6) is 0 Å². The van der Waals surface area contributed by atoms with Gasteiger partial charge in [0.05, 0.1) is 8.07 Å². The Morgan fingerprint density at radius 1 is 0.875 bits per heavy atom. The second-order valence-corrected chi connectivity index (χ2v) is 16.5. The van der Waals surface area contributed by atoms with Crippen molar-refractivity contribution in [2.45, 2.75) is 43.0 Å². The Morgan fingerprint density at radius 2 is 1.56 bits per heavy atom. The number of rotatable bonds is 1. The molecule has 3 aromatic rings. The van der Waals surface area contributed by atoms with Gasteiger partial charge in [0.1, 0.15) is 0 Å². The molecular weight excluding hydrogens is 547 g/mol. The van der Waals surface area contributed by atoms with Gasteiger partial charge < -0.3 is 24.8 Å². The van der Waals surface area contributed by atoms with Crippen molar-refractivity contribution in [1.82, 2.24) is 0 Å². The van der Waals surface area contributed by atoms with Crippen LogP contribution in [0.2, 0.25) is 13.1 Å². The normalized spacial score (nSPS) is 20.7. The van der Waals surface area contributed by atoms with Gasteiger partial charge in [-0.15, -0.1) is 11.3 Å². The molecule has 0 saturated carbocycles. The summed E-state index contributed by atoms with van der Waals surface area (Å²) in [6.45, 7) is 11.8. The first-order valence-electron chi connectivity index (χ1n) is 10.7. The van der Waals surface area contributed by atoms with E-state index in [9.17, 15) is 0 Å². The fourth-order valence-corrected chi connectivity index (χ4v) is 12.8. The first kappa shape index (κ1) is 25.9. The van der Waals surface area contributed by atoms with E-state index in [1.807, 2.05) is 11.3 Å². The van der Waals surface area contributed by atoms with Crippen molar-refractivity contribution in [2.75, 3.05) is 0 Å². The molecule has 2 aliphatic heterocycles. The standard InChI is InChI=1S/C16H13.C11H14SSi.2ClH.Zr/c1-12-10-14-8-5-9-15(16(14)11-12)13-6-3-2-4-7-13;1-6-5-8-9(12-6)11-7(2)10(8)13(11,3)4;;;/h2-11H,1H3;5,10H,1-4H3;2*1H;/q;;;;+2/p-2. The Morgan fingerprint density at radius 3 is 2.19 bits per heavy atom. The van der Waals surface area contributed by atoms with Gasteiger partial charge >= 0.3 is 118 Å². The zero-order valence-corrected chi connectivity index (χ0v) is 24.9. The number of allylic oxidation sites excluding steroid dienone is 2. The van der Waals surface area contributed by atoms with Crippen LogP contribution in [0.4, 0.5) is 0 Å². The molecule has 1 aromatic heterocycles. The van der Waals surface area contributed by atoms with Crippen LogP contribution in [0, 0.1) is 6.92 Å². The van der Waals surface area contributed by atoms with E-state index in [1.54, 1.807) is 45.9 Å². The third-order valence-electron chi connectivity index (χ3n) is 6.98. The summed E-state index contributed by atoms with van der Waals surface area (Å²) in [6.07, 6.45) is 2.36. The minimum atomic E-state index is -0.995. The molecule has 0 fully saturated rings. The third kappa shape index (κ3) is 3.93. The molecule has 5 heteroatoms. The molecule has 0 amide bonds. The predicted molar refractivity (Wildman–Crippen MR) is 130 cm³/mol. The quantitative estimate of drug-likeness (QED) is 0.392. The number of halogens is 2. The van der Waals surface area contributed by atoms with Crippen LogP contribution < -0.4 is 24.8 Å². The van der Waals surface area contributed by atoms with Crippen LogP contribution in [0.15, 0.2) is 65.7 Å². The summed E-state index contributed by atoms with van der Waals surface area (Å²) >= 11 is 3.59. The van der Waals surface area contributed by atoms with Gasteiger partial charge in [-0.2, -0.15) is 0 Å². The van der Waals surface area contributed by atoms with E-state index < -0.39 is 8.07 Å². The van der Waals surface area contributed by atoms with E-state index in [2.05, 4.69) is 94.5 Å². The molecule has 0 saturated heterocycles. The van der Waals surface area contributed by atoms with Crippen molar-refractivity contribution in [1.29, 1.82) is 0 Å². The molecule has 7 rings (SSSR count). The van der Waals surface area contributed by atoms with Gasteiger partial charge in [-0.1, -0.05) is 18.7 Å². The third-order valence-corrected chi connectivity index (χ3v) is 14.2. The SMILES string of the molecule is CC1=C2c3sc(C)cc3C1[Si]2(C)C.CC1=Cc2c(-c3ccccc3)cccc2[CH]1[Zr+2].[Cl-].[Cl-]. The van der Waals surface area contributed by atoms with Gasteiger partial charge in [0.15, 0.2) is 0 Å². The van der Waals surface area contributed by atoms with E-state index in [4.69, 9.17) is 0 Å². The Bertz CT molecular complexity index is 1220. The summed E-state index contributed by atoms with van der Waals surface area (Å²) in [5, 5.41) is 1.78. The van der Waals surface area contributed by atoms with Gasteiger partial charge in [-0.25, -0.2) is 0 Å². The van der Waals surface area contributed by atoms with Crippen LogP contribution in [-0.2, 0) is 24.7 Å². The molecule has 32 heavy (non-hydrogen) atoms. The van der Waals surface area contributed by atoms with Gasteiger partial charge in [0.2, 0.25) is 0 Å². The average Bonchev–Trinajstić information content (AvgIpc) is 3.36. The average molecular weight is 574 g/mol. The minimum Gasteiger partial charge on any atom is -1.00 e. The maximum atomic E-state index is 2.52. The van der Waals surface area contributed by atoms with Crippen LogP contribution >= 0.6 is 11.3 Å². The number of aryl methyl sites for hydroxylation is 1. The molecule has 3 heterocycles. The molecule has 2 unspecified atom stereocenters. The number of hydrogen-bond acceptors (Lipinski definition) is 1. The fraction of sp³-hybridized carbons (Fsp3) is 0.259. The largest absolute Gasteiger partial charge is 1.00 e. The molecule has 163 valence electrons. The van der Waals surface area contributed by atoms with Crippen LogP contribution in [0.1, 0.15) is 49.5 Å². The molecule has 2 aliphatic carbocycles. The maximum Gasteiger partial charge on any atom is -1.00 e. The Labute approximate surface area is 224 Å². The molecule has 0 radical (unpaired) electrons. The van der Waals surface area contributed by atoms with Crippen LogP contribution in [-0.4, -0.2) is 8.07 Å². The summed E-state index contributed by atoms with van der Waals surface area (Å²) in [6, 6.07) is 19.8. The van der Waals surface area contributed by atoms with E-state index in [0.29, 0.717) is 3.63 Å². The fourth-order valence-electron chi connectivity index (χ4n) is 5.72. The monoisotopic (exact) mass is 571 g/mol. The van der Waals surface area contributed by atoms with Crippen LogP contribution in [0.25, 0.3) is 22.4 Å². The first-order chi connectivity index (χ1) is 14.3. The van der Waals surface area contributed by atoms with Crippen molar-refractivity contribution in [3.8, 4) is 11.1 Å². The number of hydrogen-bond donors (Lipinski definition) is 0. The van der Waals surface area contributed by atoms with E-state index >= 15 is 0 Å². The van der Waals surface area contributed by atoms with Gasteiger partial charge in [0.25, 0.3) is 0 Å². The number of benzene rings is 2. The molecule has 2 bridgehead atoms. The Kier molecular flexibility index (Phi) is 7.70. The van der Waals surface area contributed by atoms with Gasteiger partial charge in [0, 0.05) is 15.3 Å². The Balaban J connectivity index is 0.000000175. The van der Waals surface area contributed by atoms with Crippen molar-refractivity contribution in [2.24, 2.45) is 0 Å². The molecule has 2 atom stereocenters. The summed E-state index contributed by atoms with van der Waals surface area (Å²) in [5.41, 5.74) is 11.4. The maximum absolute atomic E-state index is 2.52. The molecule has 4 aliphatic rings. The molecular formula is C27H27Cl2SSiZr. The summed E-state index contributed by atoms with van der Waals surface area (Å²) in [5.74, 6) is 0. The summed E-state index contributed by atoms with van der Waals surface area (Å²) in [7, 11) is -0.995. The van der Waals surface area contributed by atoms with Gasteiger partial charge in [-0.05, 0) is 30.7 Å². The molecule has 0 N–H and O–H groups in total. The van der Waals surface area contributed by atoms with Crippen LogP contribution in [0.3, 0.4) is 0 Å². The molecule has 0 spiro atoms. The van der Waals surface area contributed by atoms with E-state index in [-0.39, 0.29) is 24.8 Å². The number of fused-ring (bicyclic) bond motifs is 1. The smallest absolute Gasteiger partial charge is 1.00 e. The zero-order valence-electron chi connectivity index (χ0n) is 19.1. The topological polar surface area (TPSA) is 0 Å². The second-order valence-electron chi connectivity index (χ2n) is 9.35. The summed E-state index contributed by atoms with van der Waals surface area (Å²) in [4.78, 5) is 3.14. The van der Waals surface area contributed by atoms with E-state index in [0.717, 1.165) is 5.54 Å². The number of thiophene rings is 1. The summed E-state index contributed by atoms with van der Waals surface area (Å²) < 4.78 is 0.654. The van der Waals surface area contributed by atoms with E-state index in [1.165, 1.54) is 32.7 Å². The molecule has 2 aromatic carbocycles. The first-order valence-corrected chi connectivity index (χ1v) is 16.0. The van der Waals surface area contributed by atoms with Crippen molar-refractivity contribution < 1.29 is 49.5 Å². The molecule has 0 nitrogen and oxygen atoms in total. The Hall–Kier alpha value is -0.700. The van der Waals surface area contributed by atoms with Gasteiger partial charge in [-0.3, -0.25) is 0 Å². The zero-order chi connectivity index (χ0) is 21.2.